The van der Waals surface area contributed by atoms with Gasteiger partial charge in [-0.1, -0.05) is 18.2 Å². The standard InChI is InChI=1S/C16H18N2O4S.ClH/c1-21-14-9-11(16(17)18)7-8-13(14)22-10-12-5-3-4-6-15(12)23(2,19)20;/h3-9H,10H2,1-2H3,(H3,17,18);1H. The molecule has 0 saturated carbocycles. The molecule has 6 nitrogen and oxygen atoms in total. The van der Waals surface area contributed by atoms with Crippen LogP contribution in [0.25, 0.3) is 0 Å². The third kappa shape index (κ3) is 4.62. The Morgan fingerprint density at radius 1 is 1.17 bits per heavy atom. The molecule has 8 heteroatoms. The first-order valence-corrected chi connectivity index (χ1v) is 8.65. The van der Waals surface area contributed by atoms with Crippen molar-refractivity contribution >= 4 is 28.1 Å². The van der Waals surface area contributed by atoms with E-state index in [1.54, 1.807) is 42.5 Å². The lowest BCUT2D eigenvalue weighted by molar-refractivity contribution is 0.282. The van der Waals surface area contributed by atoms with Crippen LogP contribution in [0, 0.1) is 5.41 Å². The lowest BCUT2D eigenvalue weighted by Crippen LogP contribution is -2.11. The first-order valence-electron chi connectivity index (χ1n) is 6.76. The van der Waals surface area contributed by atoms with Crippen molar-refractivity contribution in [3.05, 3.63) is 53.6 Å². The number of methoxy groups -OCH3 is 1. The van der Waals surface area contributed by atoms with Crippen LogP contribution in [0.3, 0.4) is 0 Å². The second-order valence-corrected chi connectivity index (χ2v) is 6.93. The molecule has 2 aromatic rings. The fraction of sp³-hybridized carbons (Fsp3) is 0.188. The van der Waals surface area contributed by atoms with Crippen LogP contribution in [0.5, 0.6) is 11.5 Å². The molecular weight excluding hydrogens is 352 g/mol. The van der Waals surface area contributed by atoms with Crippen LogP contribution in [-0.4, -0.2) is 27.6 Å². The Morgan fingerprint density at radius 3 is 2.42 bits per heavy atom. The number of ether oxygens (including phenoxy) is 2. The zero-order valence-electron chi connectivity index (χ0n) is 13.3. The maximum atomic E-state index is 11.8. The molecule has 0 aliphatic rings. The number of nitrogen functional groups attached to an aromatic ring is 1. The molecule has 2 rings (SSSR count). The zero-order valence-corrected chi connectivity index (χ0v) is 14.9. The van der Waals surface area contributed by atoms with Gasteiger partial charge in [-0.15, -0.1) is 12.4 Å². The minimum atomic E-state index is -3.33. The lowest BCUT2D eigenvalue weighted by Gasteiger charge is -2.13. The fourth-order valence-corrected chi connectivity index (χ4v) is 3.02. The highest BCUT2D eigenvalue weighted by molar-refractivity contribution is 7.90. The number of halogens is 1. The largest absolute Gasteiger partial charge is 0.493 e. The first kappa shape index (κ1) is 19.8. The lowest BCUT2D eigenvalue weighted by atomic mass is 10.2. The highest BCUT2D eigenvalue weighted by atomic mass is 35.5. The zero-order chi connectivity index (χ0) is 17.0. The van der Waals surface area contributed by atoms with Crippen LogP contribution in [0.2, 0.25) is 0 Å². The third-order valence-electron chi connectivity index (χ3n) is 3.23. The average molecular weight is 371 g/mol. The summed E-state index contributed by atoms with van der Waals surface area (Å²) in [6.45, 7) is 0.0824. The number of hydrogen-bond acceptors (Lipinski definition) is 5. The summed E-state index contributed by atoms with van der Waals surface area (Å²) in [5, 5.41) is 7.43. The molecule has 2 aromatic carbocycles. The summed E-state index contributed by atoms with van der Waals surface area (Å²) in [6.07, 6.45) is 1.16. The Balaban J connectivity index is 0.00000288. The van der Waals surface area contributed by atoms with Gasteiger partial charge in [0.15, 0.2) is 21.3 Å². The van der Waals surface area contributed by atoms with Crippen molar-refractivity contribution in [2.45, 2.75) is 11.5 Å². The summed E-state index contributed by atoms with van der Waals surface area (Å²) in [6, 6.07) is 11.5. The van der Waals surface area contributed by atoms with Crippen molar-refractivity contribution < 1.29 is 17.9 Å². The number of rotatable bonds is 6. The molecule has 0 radical (unpaired) electrons. The highest BCUT2D eigenvalue weighted by Crippen LogP contribution is 2.29. The minimum absolute atomic E-state index is 0. The Hall–Kier alpha value is -2.25. The third-order valence-corrected chi connectivity index (χ3v) is 4.43. The van der Waals surface area contributed by atoms with E-state index in [0.717, 1.165) is 6.26 Å². The van der Waals surface area contributed by atoms with Crippen LogP contribution >= 0.6 is 12.4 Å². The van der Waals surface area contributed by atoms with E-state index in [1.165, 1.54) is 7.11 Å². The molecular formula is C16H19ClN2O4S. The monoisotopic (exact) mass is 370 g/mol. The van der Waals surface area contributed by atoms with Crippen LogP contribution in [0.1, 0.15) is 11.1 Å². The van der Waals surface area contributed by atoms with Gasteiger partial charge in [0.05, 0.1) is 12.0 Å². The van der Waals surface area contributed by atoms with Gasteiger partial charge in [-0.25, -0.2) is 8.42 Å². The van der Waals surface area contributed by atoms with E-state index in [-0.39, 0.29) is 29.7 Å². The van der Waals surface area contributed by atoms with Gasteiger partial charge in [0, 0.05) is 17.4 Å². The molecule has 0 fully saturated rings. The number of sulfone groups is 1. The minimum Gasteiger partial charge on any atom is -0.493 e. The quantitative estimate of drug-likeness (QED) is 0.600. The normalized spacial score (nSPS) is 10.6. The number of nitrogens with two attached hydrogens (primary N) is 1. The summed E-state index contributed by atoms with van der Waals surface area (Å²) in [4.78, 5) is 0.235. The van der Waals surface area contributed by atoms with Crippen LogP contribution in [0.15, 0.2) is 47.4 Å². The number of amidine groups is 1. The van der Waals surface area contributed by atoms with Gasteiger partial charge in [0.25, 0.3) is 0 Å². The summed E-state index contributed by atoms with van der Waals surface area (Å²) in [5.41, 5.74) is 6.52. The van der Waals surface area contributed by atoms with Crippen molar-refractivity contribution in [1.82, 2.24) is 0 Å². The first-order chi connectivity index (χ1) is 10.8. The molecule has 0 atom stereocenters. The maximum absolute atomic E-state index is 11.8. The number of nitrogens with one attached hydrogen (secondary N) is 1. The predicted octanol–water partition coefficient (Wildman–Crippen LogP) is 2.38. The summed E-state index contributed by atoms with van der Waals surface area (Å²) < 4.78 is 34.5. The van der Waals surface area contributed by atoms with Crippen LogP contribution in [0.4, 0.5) is 0 Å². The topological polar surface area (TPSA) is 102 Å². The van der Waals surface area contributed by atoms with E-state index in [1.807, 2.05) is 0 Å². The van der Waals surface area contributed by atoms with Gasteiger partial charge in [-0.05, 0) is 24.3 Å². The Bertz CT molecular complexity index is 838. The summed E-state index contributed by atoms with van der Waals surface area (Å²) in [7, 11) is -1.84. The molecule has 0 heterocycles. The molecule has 0 amide bonds. The van der Waals surface area contributed by atoms with Gasteiger partial charge in [-0.2, -0.15) is 0 Å². The molecule has 130 valence electrons. The molecule has 0 saturated heterocycles. The highest BCUT2D eigenvalue weighted by Gasteiger charge is 2.14. The summed E-state index contributed by atoms with van der Waals surface area (Å²) >= 11 is 0. The van der Waals surface area contributed by atoms with Crippen molar-refractivity contribution in [2.75, 3.05) is 13.4 Å². The van der Waals surface area contributed by atoms with Gasteiger partial charge >= 0.3 is 0 Å². The molecule has 0 unspecified atom stereocenters. The molecule has 3 N–H and O–H groups in total. The van der Waals surface area contributed by atoms with Crippen molar-refractivity contribution in [2.24, 2.45) is 5.73 Å². The Kier molecular flexibility index (Phi) is 6.62. The number of hydrogen-bond donors (Lipinski definition) is 2. The molecule has 0 aromatic heterocycles. The average Bonchev–Trinajstić information content (AvgIpc) is 2.52. The number of benzene rings is 2. The Labute approximate surface area is 147 Å². The smallest absolute Gasteiger partial charge is 0.175 e. The van der Waals surface area contributed by atoms with Gasteiger partial charge < -0.3 is 15.2 Å². The van der Waals surface area contributed by atoms with Crippen LogP contribution in [-0.2, 0) is 16.4 Å². The fourth-order valence-electron chi connectivity index (χ4n) is 2.09. The van der Waals surface area contributed by atoms with E-state index in [0.29, 0.717) is 22.6 Å². The second kappa shape index (κ2) is 8.03. The van der Waals surface area contributed by atoms with Gasteiger partial charge in [0.1, 0.15) is 12.4 Å². The SMILES string of the molecule is COc1cc(C(=N)N)ccc1OCc1ccccc1S(C)(=O)=O.Cl. The van der Waals surface area contributed by atoms with Crippen molar-refractivity contribution in [3.63, 3.8) is 0 Å². The maximum Gasteiger partial charge on any atom is 0.175 e. The molecule has 24 heavy (non-hydrogen) atoms. The van der Waals surface area contributed by atoms with Crippen molar-refractivity contribution in [3.8, 4) is 11.5 Å². The van der Waals surface area contributed by atoms with Crippen molar-refractivity contribution in [1.29, 1.82) is 5.41 Å². The van der Waals surface area contributed by atoms with E-state index < -0.39 is 9.84 Å². The van der Waals surface area contributed by atoms with Gasteiger partial charge in [0.2, 0.25) is 0 Å². The van der Waals surface area contributed by atoms with E-state index in [9.17, 15) is 8.42 Å². The van der Waals surface area contributed by atoms with E-state index >= 15 is 0 Å². The van der Waals surface area contributed by atoms with E-state index in [2.05, 4.69) is 0 Å². The Morgan fingerprint density at radius 2 is 1.83 bits per heavy atom. The van der Waals surface area contributed by atoms with E-state index in [4.69, 9.17) is 20.6 Å². The van der Waals surface area contributed by atoms with Gasteiger partial charge in [-0.3, -0.25) is 5.41 Å². The summed E-state index contributed by atoms with van der Waals surface area (Å²) in [5.74, 6) is 0.799. The molecule has 0 aliphatic heterocycles. The predicted molar refractivity (Wildman–Crippen MR) is 95.1 cm³/mol. The molecule has 0 spiro atoms. The molecule has 0 bridgehead atoms. The van der Waals surface area contributed by atoms with Crippen LogP contribution < -0.4 is 15.2 Å². The second-order valence-electron chi connectivity index (χ2n) is 4.95. The molecule has 0 aliphatic carbocycles.